The second-order valence-corrected chi connectivity index (χ2v) is 4.96. The van der Waals surface area contributed by atoms with Gasteiger partial charge in [-0.15, -0.1) is 0 Å². The summed E-state index contributed by atoms with van der Waals surface area (Å²) in [5.41, 5.74) is 6.53. The second kappa shape index (κ2) is 6.50. The number of methoxy groups -OCH3 is 2. The number of esters is 1. The molecule has 1 fully saturated rings. The van der Waals surface area contributed by atoms with Gasteiger partial charge < -0.3 is 19.9 Å². The van der Waals surface area contributed by atoms with Gasteiger partial charge in [-0.3, -0.25) is 0 Å². The monoisotopic (exact) mass is 279 g/mol. The molecule has 0 aliphatic heterocycles. The molecule has 2 rings (SSSR count). The van der Waals surface area contributed by atoms with Crippen molar-refractivity contribution in [2.75, 3.05) is 20.0 Å². The zero-order valence-corrected chi connectivity index (χ0v) is 12.0. The van der Waals surface area contributed by atoms with Crippen LogP contribution in [0.25, 0.3) is 0 Å². The van der Waals surface area contributed by atoms with Gasteiger partial charge in [-0.2, -0.15) is 0 Å². The van der Waals surface area contributed by atoms with Crippen LogP contribution in [0.2, 0.25) is 0 Å². The first kappa shape index (κ1) is 14.5. The van der Waals surface area contributed by atoms with E-state index in [1.807, 2.05) is 0 Å². The highest BCUT2D eigenvalue weighted by molar-refractivity contribution is 5.97. The minimum atomic E-state index is -0.411. The lowest BCUT2D eigenvalue weighted by Crippen LogP contribution is -2.21. The number of carbonyl (C=O) groups is 1. The molecule has 0 heterocycles. The molecule has 0 bridgehead atoms. The van der Waals surface area contributed by atoms with E-state index in [9.17, 15) is 4.79 Å². The van der Waals surface area contributed by atoms with Gasteiger partial charge in [0.2, 0.25) is 0 Å². The number of anilines is 1. The topological polar surface area (TPSA) is 70.8 Å². The molecule has 0 saturated heterocycles. The van der Waals surface area contributed by atoms with E-state index in [1.165, 1.54) is 20.6 Å². The van der Waals surface area contributed by atoms with Gasteiger partial charge in [-0.05, 0) is 31.7 Å². The van der Waals surface area contributed by atoms with Crippen molar-refractivity contribution in [1.29, 1.82) is 0 Å². The Kier molecular flexibility index (Phi) is 4.71. The predicted octanol–water partition coefficient (Wildman–Crippen LogP) is 2.78. The van der Waals surface area contributed by atoms with Crippen LogP contribution in [0, 0.1) is 0 Å². The van der Waals surface area contributed by atoms with Gasteiger partial charge in [0.05, 0.1) is 25.5 Å². The van der Waals surface area contributed by atoms with Crippen molar-refractivity contribution in [2.45, 2.75) is 38.2 Å². The van der Waals surface area contributed by atoms with E-state index < -0.39 is 5.97 Å². The molecule has 5 heteroatoms. The number of hydrogen-bond donors (Lipinski definition) is 1. The van der Waals surface area contributed by atoms with Crippen molar-refractivity contribution >= 4 is 11.7 Å². The van der Waals surface area contributed by atoms with Gasteiger partial charge in [0.25, 0.3) is 0 Å². The lowest BCUT2D eigenvalue weighted by atomic mass is 9.98. The number of ether oxygens (including phenoxy) is 3. The summed E-state index contributed by atoms with van der Waals surface area (Å²) in [6, 6.07) is 3.23. The Balaban J connectivity index is 2.19. The number of rotatable bonds is 4. The Bertz CT molecular complexity index is 481. The molecular formula is C15H21NO4. The van der Waals surface area contributed by atoms with E-state index in [2.05, 4.69) is 0 Å². The van der Waals surface area contributed by atoms with E-state index in [4.69, 9.17) is 19.9 Å². The summed E-state index contributed by atoms with van der Waals surface area (Å²) in [5, 5.41) is 0. The quantitative estimate of drug-likeness (QED) is 0.678. The third kappa shape index (κ3) is 3.15. The molecule has 0 aromatic heterocycles. The summed E-state index contributed by atoms with van der Waals surface area (Å²) in [5.74, 6) is 0.526. The van der Waals surface area contributed by atoms with Crippen LogP contribution in [0.15, 0.2) is 12.1 Å². The van der Waals surface area contributed by atoms with Gasteiger partial charge in [-0.25, -0.2) is 4.79 Å². The Hall–Kier alpha value is -1.91. The summed E-state index contributed by atoms with van der Waals surface area (Å²) in [7, 11) is 3.03. The van der Waals surface area contributed by atoms with E-state index in [0.29, 0.717) is 17.1 Å². The molecule has 0 spiro atoms. The minimum absolute atomic E-state index is 0.00662. The number of nitrogens with two attached hydrogens (primary N) is 1. The summed E-state index contributed by atoms with van der Waals surface area (Å²) < 4.78 is 15.8. The second-order valence-electron chi connectivity index (χ2n) is 4.96. The van der Waals surface area contributed by atoms with Crippen molar-refractivity contribution < 1.29 is 19.0 Å². The molecule has 1 aliphatic rings. The molecule has 0 amide bonds. The summed E-state index contributed by atoms with van der Waals surface area (Å²) >= 11 is 0. The Morgan fingerprint density at radius 1 is 1.15 bits per heavy atom. The molecule has 1 aromatic rings. The van der Waals surface area contributed by atoms with E-state index >= 15 is 0 Å². The average molecular weight is 279 g/mol. The molecule has 20 heavy (non-hydrogen) atoms. The van der Waals surface area contributed by atoms with E-state index in [1.54, 1.807) is 12.1 Å². The average Bonchev–Trinajstić information content (AvgIpc) is 2.48. The smallest absolute Gasteiger partial charge is 0.340 e. The molecule has 0 radical (unpaired) electrons. The van der Waals surface area contributed by atoms with Crippen LogP contribution in [0.3, 0.4) is 0 Å². The zero-order chi connectivity index (χ0) is 14.5. The molecule has 110 valence electrons. The third-order valence-corrected chi connectivity index (χ3v) is 3.62. The maximum atomic E-state index is 12.3. The number of nitrogen functional groups attached to an aromatic ring is 1. The SMILES string of the molecule is COc1cc(OC)c(N)c(C(=O)OC2CCCCC2)c1. The highest BCUT2D eigenvalue weighted by atomic mass is 16.5. The largest absolute Gasteiger partial charge is 0.497 e. The van der Waals surface area contributed by atoms with Crippen LogP contribution in [-0.4, -0.2) is 26.3 Å². The third-order valence-electron chi connectivity index (χ3n) is 3.62. The van der Waals surface area contributed by atoms with Gasteiger partial charge in [0.15, 0.2) is 0 Å². The first-order valence-corrected chi connectivity index (χ1v) is 6.88. The highest BCUT2D eigenvalue weighted by Gasteiger charge is 2.22. The standard InChI is InChI=1S/C15H21NO4/c1-18-11-8-12(14(16)13(9-11)19-2)15(17)20-10-6-4-3-5-7-10/h8-10H,3-7,16H2,1-2H3. The molecule has 0 unspecified atom stereocenters. The normalized spacial score (nSPS) is 15.7. The Labute approximate surface area is 119 Å². The van der Waals surface area contributed by atoms with Crippen LogP contribution in [0.4, 0.5) is 5.69 Å². The Morgan fingerprint density at radius 3 is 2.45 bits per heavy atom. The maximum Gasteiger partial charge on any atom is 0.340 e. The van der Waals surface area contributed by atoms with Crippen LogP contribution in [0.5, 0.6) is 11.5 Å². The highest BCUT2D eigenvalue weighted by Crippen LogP contribution is 2.32. The molecule has 2 N–H and O–H groups in total. The fraction of sp³-hybridized carbons (Fsp3) is 0.533. The van der Waals surface area contributed by atoms with Crippen molar-refractivity contribution in [3.05, 3.63) is 17.7 Å². The van der Waals surface area contributed by atoms with E-state index in [-0.39, 0.29) is 11.8 Å². The van der Waals surface area contributed by atoms with Crippen LogP contribution in [-0.2, 0) is 4.74 Å². The lowest BCUT2D eigenvalue weighted by molar-refractivity contribution is 0.0212. The van der Waals surface area contributed by atoms with Gasteiger partial charge >= 0.3 is 5.97 Å². The first-order chi connectivity index (χ1) is 9.65. The Morgan fingerprint density at radius 2 is 1.85 bits per heavy atom. The fourth-order valence-corrected chi connectivity index (χ4v) is 2.45. The molecule has 1 aliphatic carbocycles. The molecule has 1 saturated carbocycles. The number of carbonyl (C=O) groups excluding carboxylic acids is 1. The summed E-state index contributed by atoms with van der Waals surface area (Å²) in [4.78, 5) is 12.3. The zero-order valence-electron chi connectivity index (χ0n) is 12.0. The van der Waals surface area contributed by atoms with Gasteiger partial charge in [0, 0.05) is 6.07 Å². The maximum absolute atomic E-state index is 12.3. The molecule has 0 atom stereocenters. The van der Waals surface area contributed by atoms with Crippen molar-refractivity contribution in [3.63, 3.8) is 0 Å². The predicted molar refractivity (Wildman–Crippen MR) is 76.2 cm³/mol. The van der Waals surface area contributed by atoms with Crippen LogP contribution < -0.4 is 15.2 Å². The van der Waals surface area contributed by atoms with Crippen molar-refractivity contribution in [3.8, 4) is 11.5 Å². The molecular weight excluding hydrogens is 258 g/mol. The number of hydrogen-bond acceptors (Lipinski definition) is 5. The fourth-order valence-electron chi connectivity index (χ4n) is 2.45. The van der Waals surface area contributed by atoms with Crippen molar-refractivity contribution in [1.82, 2.24) is 0 Å². The summed E-state index contributed by atoms with van der Waals surface area (Å²) in [6.07, 6.45) is 5.26. The lowest BCUT2D eigenvalue weighted by Gasteiger charge is -2.22. The van der Waals surface area contributed by atoms with Crippen LogP contribution >= 0.6 is 0 Å². The van der Waals surface area contributed by atoms with Gasteiger partial charge in [-0.1, -0.05) is 6.42 Å². The van der Waals surface area contributed by atoms with Crippen molar-refractivity contribution in [2.24, 2.45) is 0 Å². The van der Waals surface area contributed by atoms with Crippen LogP contribution in [0.1, 0.15) is 42.5 Å². The van der Waals surface area contributed by atoms with Gasteiger partial charge in [0.1, 0.15) is 17.6 Å². The number of benzene rings is 1. The molecule has 1 aromatic carbocycles. The molecule has 5 nitrogen and oxygen atoms in total. The first-order valence-electron chi connectivity index (χ1n) is 6.88. The minimum Gasteiger partial charge on any atom is -0.497 e. The van der Waals surface area contributed by atoms with E-state index in [0.717, 1.165) is 25.7 Å². The summed E-state index contributed by atoms with van der Waals surface area (Å²) in [6.45, 7) is 0.